The van der Waals surface area contributed by atoms with Gasteiger partial charge in [-0.25, -0.2) is 13.6 Å². The molecule has 0 radical (unpaired) electrons. The molecular formula is C8H6F2O2. The number of rotatable bonds is 2. The van der Waals surface area contributed by atoms with Crippen molar-refractivity contribution in [3.63, 3.8) is 0 Å². The second-order valence-corrected chi connectivity index (χ2v) is 2.24. The quantitative estimate of drug-likeness (QED) is 0.740. The molecule has 0 amide bonds. The number of benzene rings is 1. The largest absolute Gasteiger partial charge is 0.478 e. The van der Waals surface area contributed by atoms with Crippen LogP contribution in [0.3, 0.4) is 0 Å². The Hall–Kier alpha value is -1.45. The third-order valence-corrected chi connectivity index (χ3v) is 1.45. The summed E-state index contributed by atoms with van der Waals surface area (Å²) in [5.41, 5.74) is -0.332. The maximum Gasteiger partial charge on any atom is 0.336 e. The second-order valence-electron chi connectivity index (χ2n) is 2.24. The van der Waals surface area contributed by atoms with Gasteiger partial charge in [-0.1, -0.05) is 6.07 Å². The number of aromatic carboxylic acids is 1. The number of carboxylic acids is 1. The third-order valence-electron chi connectivity index (χ3n) is 1.45. The molecular weight excluding hydrogens is 166 g/mol. The lowest BCUT2D eigenvalue weighted by molar-refractivity contribution is 0.0694. The number of carboxylic acid groups (broad SMARTS) is 1. The van der Waals surface area contributed by atoms with Gasteiger partial charge in [0.2, 0.25) is 0 Å². The van der Waals surface area contributed by atoms with Crippen LogP contribution in [0.25, 0.3) is 0 Å². The van der Waals surface area contributed by atoms with Gasteiger partial charge in [0.15, 0.2) is 0 Å². The molecule has 1 rings (SSSR count). The van der Waals surface area contributed by atoms with Crippen LogP contribution in [0.15, 0.2) is 18.2 Å². The SMILES string of the molecule is O=C(O)c1cc(F)ccc1CF. The zero-order valence-electron chi connectivity index (χ0n) is 6.05. The fraction of sp³-hybridized carbons (Fsp3) is 0.125. The molecule has 1 N–H and O–H groups in total. The second kappa shape index (κ2) is 3.30. The van der Waals surface area contributed by atoms with Crippen molar-refractivity contribution in [3.8, 4) is 0 Å². The minimum absolute atomic E-state index is 0.0103. The van der Waals surface area contributed by atoms with E-state index in [0.29, 0.717) is 0 Å². The highest BCUT2D eigenvalue weighted by Crippen LogP contribution is 2.12. The molecule has 0 fully saturated rings. The summed E-state index contributed by atoms with van der Waals surface area (Å²) in [6, 6.07) is 2.96. The molecule has 1 aromatic carbocycles. The third kappa shape index (κ3) is 1.58. The lowest BCUT2D eigenvalue weighted by Gasteiger charge is -2.00. The van der Waals surface area contributed by atoms with Crippen molar-refractivity contribution in [2.45, 2.75) is 6.67 Å². The minimum Gasteiger partial charge on any atom is -0.478 e. The minimum atomic E-state index is -1.32. The van der Waals surface area contributed by atoms with Crippen LogP contribution in [0.5, 0.6) is 0 Å². The number of alkyl halides is 1. The predicted molar refractivity (Wildman–Crippen MR) is 38.2 cm³/mol. The number of carbonyl (C=O) groups is 1. The molecule has 0 aromatic heterocycles. The molecule has 64 valence electrons. The summed E-state index contributed by atoms with van der Waals surface area (Å²) in [4.78, 5) is 10.4. The van der Waals surface area contributed by atoms with E-state index in [1.807, 2.05) is 0 Å². The highest BCUT2D eigenvalue weighted by atomic mass is 19.1. The van der Waals surface area contributed by atoms with E-state index in [1.165, 1.54) is 0 Å². The molecule has 0 saturated carbocycles. The zero-order chi connectivity index (χ0) is 9.14. The summed E-state index contributed by atoms with van der Waals surface area (Å²) in [6.45, 7) is -0.901. The van der Waals surface area contributed by atoms with E-state index >= 15 is 0 Å². The van der Waals surface area contributed by atoms with Crippen LogP contribution in [-0.2, 0) is 6.67 Å². The molecule has 0 aliphatic carbocycles. The van der Waals surface area contributed by atoms with Gasteiger partial charge in [-0.05, 0) is 17.7 Å². The van der Waals surface area contributed by atoms with Crippen molar-refractivity contribution in [2.75, 3.05) is 0 Å². The molecule has 2 nitrogen and oxygen atoms in total. The summed E-state index contributed by atoms with van der Waals surface area (Å²) in [7, 11) is 0. The van der Waals surface area contributed by atoms with Gasteiger partial charge in [0.1, 0.15) is 12.5 Å². The molecule has 0 aliphatic heterocycles. The maximum atomic E-state index is 12.5. The number of hydrogen-bond donors (Lipinski definition) is 1. The molecule has 0 aliphatic rings. The van der Waals surface area contributed by atoms with E-state index in [9.17, 15) is 13.6 Å². The van der Waals surface area contributed by atoms with E-state index in [1.54, 1.807) is 0 Å². The van der Waals surface area contributed by atoms with E-state index < -0.39 is 18.5 Å². The van der Waals surface area contributed by atoms with Gasteiger partial charge in [0.05, 0.1) is 5.56 Å². The standard InChI is InChI=1S/C8H6F2O2/c9-4-5-1-2-6(10)3-7(5)8(11)12/h1-3H,4H2,(H,11,12). The van der Waals surface area contributed by atoms with Gasteiger partial charge in [0, 0.05) is 0 Å². The Morgan fingerprint density at radius 3 is 2.67 bits per heavy atom. The summed E-state index contributed by atoms with van der Waals surface area (Å²) >= 11 is 0. The molecule has 0 spiro atoms. The van der Waals surface area contributed by atoms with Gasteiger partial charge in [-0.3, -0.25) is 0 Å². The Kier molecular flexibility index (Phi) is 2.38. The molecule has 4 heteroatoms. The van der Waals surface area contributed by atoms with Crippen molar-refractivity contribution in [3.05, 3.63) is 35.1 Å². The van der Waals surface area contributed by atoms with Crippen molar-refractivity contribution in [2.24, 2.45) is 0 Å². The first-order chi connectivity index (χ1) is 5.65. The van der Waals surface area contributed by atoms with Crippen LogP contribution in [0.2, 0.25) is 0 Å². The molecule has 0 atom stereocenters. The first-order valence-electron chi connectivity index (χ1n) is 3.23. The van der Waals surface area contributed by atoms with Crippen molar-refractivity contribution < 1.29 is 18.7 Å². The molecule has 12 heavy (non-hydrogen) atoms. The summed E-state index contributed by atoms with van der Waals surface area (Å²) in [5.74, 6) is -1.99. The Bertz CT molecular complexity index is 310. The molecule has 0 heterocycles. The Morgan fingerprint density at radius 2 is 2.17 bits per heavy atom. The first-order valence-corrected chi connectivity index (χ1v) is 3.23. The van der Waals surface area contributed by atoms with E-state index in [2.05, 4.69) is 0 Å². The van der Waals surface area contributed by atoms with Crippen LogP contribution < -0.4 is 0 Å². The average Bonchev–Trinajstić information content (AvgIpc) is 2.04. The van der Waals surface area contributed by atoms with E-state index in [0.717, 1.165) is 18.2 Å². The van der Waals surface area contributed by atoms with Crippen LogP contribution in [0, 0.1) is 5.82 Å². The fourth-order valence-corrected chi connectivity index (χ4v) is 0.864. The van der Waals surface area contributed by atoms with Gasteiger partial charge in [0.25, 0.3) is 0 Å². The van der Waals surface area contributed by atoms with Crippen molar-refractivity contribution in [1.82, 2.24) is 0 Å². The maximum absolute atomic E-state index is 12.5. The smallest absolute Gasteiger partial charge is 0.336 e. The van der Waals surface area contributed by atoms with Crippen LogP contribution in [0.4, 0.5) is 8.78 Å². The van der Waals surface area contributed by atoms with Crippen molar-refractivity contribution in [1.29, 1.82) is 0 Å². The topological polar surface area (TPSA) is 37.3 Å². The van der Waals surface area contributed by atoms with E-state index in [4.69, 9.17) is 5.11 Å². The average molecular weight is 172 g/mol. The van der Waals surface area contributed by atoms with Gasteiger partial charge < -0.3 is 5.11 Å². The Balaban J connectivity index is 3.21. The van der Waals surface area contributed by atoms with Gasteiger partial charge in [-0.15, -0.1) is 0 Å². The highest BCUT2D eigenvalue weighted by Gasteiger charge is 2.10. The summed E-state index contributed by atoms with van der Waals surface area (Å²) < 4.78 is 24.6. The van der Waals surface area contributed by atoms with Crippen molar-refractivity contribution >= 4 is 5.97 Å². The Morgan fingerprint density at radius 1 is 1.50 bits per heavy atom. The summed E-state index contributed by atoms with van der Waals surface area (Å²) in [6.07, 6.45) is 0. The van der Waals surface area contributed by atoms with Crippen LogP contribution >= 0.6 is 0 Å². The zero-order valence-corrected chi connectivity index (χ0v) is 6.05. The lowest BCUT2D eigenvalue weighted by Crippen LogP contribution is -2.01. The van der Waals surface area contributed by atoms with Gasteiger partial charge in [-0.2, -0.15) is 0 Å². The lowest BCUT2D eigenvalue weighted by atomic mass is 10.1. The molecule has 1 aromatic rings. The van der Waals surface area contributed by atoms with Crippen LogP contribution in [-0.4, -0.2) is 11.1 Å². The normalized spacial score (nSPS) is 9.83. The molecule has 0 unspecified atom stereocenters. The molecule has 0 saturated heterocycles. The fourth-order valence-electron chi connectivity index (χ4n) is 0.864. The number of halogens is 2. The summed E-state index contributed by atoms with van der Waals surface area (Å²) in [5, 5.41) is 8.49. The first kappa shape index (κ1) is 8.64. The van der Waals surface area contributed by atoms with Crippen LogP contribution in [0.1, 0.15) is 15.9 Å². The molecule has 0 bridgehead atoms. The monoisotopic (exact) mass is 172 g/mol. The highest BCUT2D eigenvalue weighted by molar-refractivity contribution is 5.89. The van der Waals surface area contributed by atoms with Gasteiger partial charge >= 0.3 is 5.97 Å². The Labute approximate surface area is 67.4 Å². The number of hydrogen-bond acceptors (Lipinski definition) is 1. The predicted octanol–water partition coefficient (Wildman–Crippen LogP) is 1.99. The van der Waals surface area contributed by atoms with E-state index in [-0.39, 0.29) is 11.1 Å².